The Morgan fingerprint density at radius 1 is 1.00 bits per heavy atom. The lowest BCUT2D eigenvalue weighted by Crippen LogP contribution is -2.09. The maximum absolute atomic E-state index is 13.6. The lowest BCUT2D eigenvalue weighted by molar-refractivity contribution is 0.448. The fourth-order valence-electron chi connectivity index (χ4n) is 1.80. The van der Waals surface area contributed by atoms with E-state index in [0.717, 1.165) is 12.1 Å². The molecule has 1 N–H and O–H groups in total. The van der Waals surface area contributed by atoms with E-state index in [1.54, 1.807) is 25.1 Å². The highest BCUT2D eigenvalue weighted by molar-refractivity contribution is 6.35. The lowest BCUT2D eigenvalue weighted by atomic mass is 10.1. The third-order valence-electron chi connectivity index (χ3n) is 2.84. The van der Waals surface area contributed by atoms with E-state index < -0.39 is 23.5 Å². The van der Waals surface area contributed by atoms with E-state index in [4.69, 9.17) is 23.2 Å². The molecule has 2 aromatic carbocycles. The van der Waals surface area contributed by atoms with E-state index in [9.17, 15) is 13.2 Å². The van der Waals surface area contributed by atoms with Crippen LogP contribution in [0.15, 0.2) is 30.3 Å². The second kappa shape index (κ2) is 5.94. The average molecular weight is 320 g/mol. The van der Waals surface area contributed by atoms with Gasteiger partial charge in [-0.1, -0.05) is 29.3 Å². The Hall–Kier alpha value is -1.39. The molecule has 20 heavy (non-hydrogen) atoms. The summed E-state index contributed by atoms with van der Waals surface area (Å²) >= 11 is 11.8. The zero-order valence-electron chi connectivity index (χ0n) is 10.4. The highest BCUT2D eigenvalue weighted by Crippen LogP contribution is 2.30. The van der Waals surface area contributed by atoms with Crippen LogP contribution in [0.3, 0.4) is 0 Å². The molecule has 1 nitrogen and oxygen atoms in total. The maximum atomic E-state index is 13.6. The molecule has 1 unspecified atom stereocenters. The highest BCUT2D eigenvalue weighted by atomic mass is 35.5. The minimum atomic E-state index is -1.51. The summed E-state index contributed by atoms with van der Waals surface area (Å²) < 4.78 is 39.6. The Morgan fingerprint density at radius 3 is 2.35 bits per heavy atom. The van der Waals surface area contributed by atoms with Gasteiger partial charge in [0, 0.05) is 10.0 Å². The summed E-state index contributed by atoms with van der Waals surface area (Å²) in [7, 11) is 0. The zero-order chi connectivity index (χ0) is 14.9. The molecule has 0 saturated heterocycles. The SMILES string of the molecule is CC(Nc1ccc(F)c(F)c1F)c1ccc(Cl)cc1Cl. The zero-order valence-corrected chi connectivity index (χ0v) is 11.9. The molecule has 6 heteroatoms. The predicted octanol–water partition coefficient (Wildman–Crippen LogP) is 5.58. The molecule has 2 rings (SSSR count). The van der Waals surface area contributed by atoms with Crippen LogP contribution in [0.5, 0.6) is 0 Å². The van der Waals surface area contributed by atoms with Gasteiger partial charge in [-0.15, -0.1) is 0 Å². The van der Waals surface area contributed by atoms with Gasteiger partial charge in [0.1, 0.15) is 0 Å². The molecule has 0 aliphatic heterocycles. The number of anilines is 1. The van der Waals surface area contributed by atoms with Crippen LogP contribution in [0.2, 0.25) is 10.0 Å². The molecular weight excluding hydrogens is 310 g/mol. The first-order chi connectivity index (χ1) is 9.40. The molecule has 1 atom stereocenters. The minimum absolute atomic E-state index is 0.137. The summed E-state index contributed by atoms with van der Waals surface area (Å²) in [6.45, 7) is 1.72. The van der Waals surface area contributed by atoms with Crippen molar-refractivity contribution >= 4 is 28.9 Å². The fraction of sp³-hybridized carbons (Fsp3) is 0.143. The van der Waals surface area contributed by atoms with Gasteiger partial charge in [0.15, 0.2) is 17.5 Å². The number of hydrogen-bond acceptors (Lipinski definition) is 1. The van der Waals surface area contributed by atoms with Gasteiger partial charge >= 0.3 is 0 Å². The van der Waals surface area contributed by atoms with Crippen LogP contribution in [0.25, 0.3) is 0 Å². The number of rotatable bonds is 3. The van der Waals surface area contributed by atoms with Gasteiger partial charge in [-0.2, -0.15) is 0 Å². The van der Waals surface area contributed by atoms with Crippen LogP contribution in [-0.4, -0.2) is 0 Å². The molecule has 0 aliphatic carbocycles. The number of benzene rings is 2. The largest absolute Gasteiger partial charge is 0.376 e. The van der Waals surface area contributed by atoms with Gasteiger partial charge in [0.05, 0.1) is 11.7 Å². The summed E-state index contributed by atoms with van der Waals surface area (Å²) in [4.78, 5) is 0. The summed E-state index contributed by atoms with van der Waals surface area (Å²) in [6.07, 6.45) is 0. The van der Waals surface area contributed by atoms with Gasteiger partial charge in [-0.3, -0.25) is 0 Å². The first kappa shape index (κ1) is 15.0. The van der Waals surface area contributed by atoms with Crippen molar-refractivity contribution in [2.24, 2.45) is 0 Å². The van der Waals surface area contributed by atoms with E-state index in [1.807, 2.05) is 0 Å². The van der Waals surface area contributed by atoms with Crippen LogP contribution in [0, 0.1) is 17.5 Å². The van der Waals surface area contributed by atoms with Crippen molar-refractivity contribution in [3.05, 3.63) is 63.4 Å². The molecule has 0 aliphatic rings. The molecule has 0 radical (unpaired) electrons. The van der Waals surface area contributed by atoms with Crippen molar-refractivity contribution in [3.8, 4) is 0 Å². The van der Waals surface area contributed by atoms with Gasteiger partial charge < -0.3 is 5.32 Å². The van der Waals surface area contributed by atoms with E-state index in [1.165, 1.54) is 0 Å². The molecule has 0 spiro atoms. The minimum Gasteiger partial charge on any atom is -0.376 e. The molecule has 0 aromatic heterocycles. The summed E-state index contributed by atoms with van der Waals surface area (Å²) in [5.41, 5.74) is 0.530. The summed E-state index contributed by atoms with van der Waals surface area (Å²) in [5.74, 6) is -4.00. The van der Waals surface area contributed by atoms with Gasteiger partial charge in [-0.25, -0.2) is 13.2 Å². The number of nitrogens with one attached hydrogen (secondary N) is 1. The Bertz CT molecular complexity index is 647. The van der Waals surface area contributed by atoms with Gasteiger partial charge in [0.25, 0.3) is 0 Å². The smallest absolute Gasteiger partial charge is 0.196 e. The normalized spacial score (nSPS) is 12.3. The van der Waals surface area contributed by atoms with Crippen LogP contribution in [0.1, 0.15) is 18.5 Å². The molecule has 0 bridgehead atoms. The number of hydrogen-bond donors (Lipinski definition) is 1. The molecule has 0 amide bonds. The van der Waals surface area contributed by atoms with Crippen molar-refractivity contribution in [3.63, 3.8) is 0 Å². The van der Waals surface area contributed by atoms with Crippen molar-refractivity contribution < 1.29 is 13.2 Å². The summed E-state index contributed by atoms with van der Waals surface area (Å²) in [5, 5.41) is 3.63. The first-order valence-electron chi connectivity index (χ1n) is 5.75. The van der Waals surface area contributed by atoms with Crippen molar-refractivity contribution in [1.82, 2.24) is 0 Å². The first-order valence-corrected chi connectivity index (χ1v) is 6.50. The molecule has 106 valence electrons. The van der Waals surface area contributed by atoms with Crippen molar-refractivity contribution in [1.29, 1.82) is 0 Å². The van der Waals surface area contributed by atoms with Crippen LogP contribution < -0.4 is 5.32 Å². The summed E-state index contributed by atoms with van der Waals surface area (Å²) in [6, 6.07) is 6.46. The molecule has 0 heterocycles. The second-order valence-corrected chi connectivity index (χ2v) is 5.10. The maximum Gasteiger partial charge on any atom is 0.196 e. The van der Waals surface area contributed by atoms with E-state index >= 15 is 0 Å². The molecular formula is C14H10Cl2F3N. The van der Waals surface area contributed by atoms with Crippen LogP contribution >= 0.6 is 23.2 Å². The Balaban J connectivity index is 2.28. The molecule has 2 aromatic rings. The molecule has 0 fully saturated rings. The quantitative estimate of drug-likeness (QED) is 0.728. The predicted molar refractivity (Wildman–Crippen MR) is 74.8 cm³/mol. The third-order valence-corrected chi connectivity index (χ3v) is 3.40. The van der Waals surface area contributed by atoms with Crippen molar-refractivity contribution in [2.75, 3.05) is 5.32 Å². The standard InChI is InChI=1S/C14H10Cl2F3N/c1-7(9-3-2-8(15)6-10(9)16)20-12-5-4-11(17)13(18)14(12)19/h2-7,20H,1H3. The van der Waals surface area contributed by atoms with E-state index in [2.05, 4.69) is 5.32 Å². The van der Waals surface area contributed by atoms with Gasteiger partial charge in [-0.05, 0) is 36.8 Å². The van der Waals surface area contributed by atoms with Crippen molar-refractivity contribution in [2.45, 2.75) is 13.0 Å². The Morgan fingerprint density at radius 2 is 1.70 bits per heavy atom. The Labute approximate surface area is 124 Å². The lowest BCUT2D eigenvalue weighted by Gasteiger charge is -2.18. The topological polar surface area (TPSA) is 12.0 Å². The second-order valence-electron chi connectivity index (χ2n) is 4.25. The number of halogens is 5. The highest BCUT2D eigenvalue weighted by Gasteiger charge is 2.16. The molecule has 0 saturated carbocycles. The van der Waals surface area contributed by atoms with Crippen LogP contribution in [0.4, 0.5) is 18.9 Å². The average Bonchev–Trinajstić information content (AvgIpc) is 2.39. The fourth-order valence-corrected chi connectivity index (χ4v) is 2.37. The third kappa shape index (κ3) is 3.02. The van der Waals surface area contributed by atoms with E-state index in [0.29, 0.717) is 15.6 Å². The van der Waals surface area contributed by atoms with Gasteiger partial charge in [0.2, 0.25) is 0 Å². The Kier molecular flexibility index (Phi) is 4.45. The van der Waals surface area contributed by atoms with Crippen LogP contribution in [-0.2, 0) is 0 Å². The monoisotopic (exact) mass is 319 g/mol. The van der Waals surface area contributed by atoms with E-state index in [-0.39, 0.29) is 5.69 Å².